The van der Waals surface area contributed by atoms with E-state index in [0.29, 0.717) is 0 Å². The molecule has 0 unspecified atom stereocenters. The molecule has 1 rings (SSSR count). The lowest BCUT2D eigenvalue weighted by atomic mass is 9.93. The topological polar surface area (TPSA) is 43.1 Å². The van der Waals surface area contributed by atoms with Gasteiger partial charge in [0.2, 0.25) is 0 Å². The molecule has 1 aromatic rings. The fourth-order valence-electron chi connectivity index (χ4n) is 1.75. The predicted octanol–water partition coefficient (Wildman–Crippen LogP) is 3.14. The van der Waals surface area contributed by atoms with Crippen LogP contribution in [0.5, 0.6) is 0 Å². The summed E-state index contributed by atoms with van der Waals surface area (Å²) in [6.07, 6.45) is 0. The molecule has 1 aromatic carbocycles. The Morgan fingerprint density at radius 3 is 1.36 bits per heavy atom. The maximum atomic E-state index is 10.9. The van der Waals surface area contributed by atoms with Crippen molar-refractivity contribution in [1.29, 1.82) is 0 Å². The highest BCUT2D eigenvalue weighted by molar-refractivity contribution is 5.57. The zero-order valence-electron chi connectivity index (χ0n) is 9.26. The van der Waals surface area contributed by atoms with Gasteiger partial charge in [-0.05, 0) is 51.3 Å². The number of hydrogen-bond acceptors (Lipinski definition) is 2. The monoisotopic (exact) mass is 193 g/mol. The molecule has 0 heterocycles. The van der Waals surface area contributed by atoms with Crippen molar-refractivity contribution in [3.8, 4) is 0 Å². The van der Waals surface area contributed by atoms with Gasteiger partial charge in [0, 0.05) is 11.1 Å². The van der Waals surface area contributed by atoms with E-state index in [2.05, 4.69) is 0 Å². The van der Waals surface area contributed by atoms with E-state index < -0.39 is 0 Å². The molecule has 0 spiro atoms. The van der Waals surface area contributed by atoms with E-state index in [1.807, 2.05) is 34.6 Å². The molecule has 0 amide bonds. The van der Waals surface area contributed by atoms with Gasteiger partial charge in [-0.1, -0.05) is 0 Å². The molecule has 0 aromatic heterocycles. The second-order valence-electron chi connectivity index (χ2n) is 3.73. The maximum Gasteiger partial charge on any atom is 0.275 e. The van der Waals surface area contributed by atoms with Gasteiger partial charge in [-0.3, -0.25) is 10.1 Å². The van der Waals surface area contributed by atoms with Crippen molar-refractivity contribution >= 4 is 5.69 Å². The van der Waals surface area contributed by atoms with E-state index >= 15 is 0 Å². The second-order valence-corrected chi connectivity index (χ2v) is 3.73. The van der Waals surface area contributed by atoms with Crippen LogP contribution in [-0.2, 0) is 0 Å². The molecule has 0 fully saturated rings. The molecular weight excluding hydrogens is 178 g/mol. The number of benzene rings is 1. The molecular formula is C11H15NO2. The van der Waals surface area contributed by atoms with Gasteiger partial charge in [-0.25, -0.2) is 0 Å². The maximum absolute atomic E-state index is 10.9. The van der Waals surface area contributed by atoms with Crippen molar-refractivity contribution in [3.63, 3.8) is 0 Å². The summed E-state index contributed by atoms with van der Waals surface area (Å²) in [6.45, 7) is 9.50. The van der Waals surface area contributed by atoms with Crippen molar-refractivity contribution < 1.29 is 4.92 Å². The lowest BCUT2D eigenvalue weighted by Gasteiger charge is -2.12. The SMILES string of the molecule is Cc1c(C)c(C)c([N+](=O)[O-])c(C)c1C. The van der Waals surface area contributed by atoms with Crippen LogP contribution in [0.25, 0.3) is 0 Å². The minimum Gasteiger partial charge on any atom is -0.258 e. The summed E-state index contributed by atoms with van der Waals surface area (Å²) < 4.78 is 0. The molecule has 0 saturated carbocycles. The number of hydrogen-bond donors (Lipinski definition) is 0. The Hall–Kier alpha value is -1.38. The second kappa shape index (κ2) is 3.40. The van der Waals surface area contributed by atoms with Crippen molar-refractivity contribution in [3.05, 3.63) is 37.9 Å². The standard InChI is InChI=1S/C11H15NO2/c1-6-7(2)9(4)11(12(13)14)10(5)8(6)3/h1-5H3. The number of rotatable bonds is 1. The molecule has 0 radical (unpaired) electrons. The van der Waals surface area contributed by atoms with Gasteiger partial charge < -0.3 is 0 Å². The van der Waals surface area contributed by atoms with Crippen molar-refractivity contribution in [2.75, 3.05) is 0 Å². The summed E-state index contributed by atoms with van der Waals surface area (Å²) in [4.78, 5) is 10.6. The molecule has 76 valence electrons. The van der Waals surface area contributed by atoms with E-state index in [1.165, 1.54) is 0 Å². The Morgan fingerprint density at radius 1 is 0.786 bits per heavy atom. The van der Waals surface area contributed by atoms with Crippen LogP contribution in [0.1, 0.15) is 27.8 Å². The summed E-state index contributed by atoms with van der Waals surface area (Å²) in [5, 5.41) is 10.9. The van der Waals surface area contributed by atoms with Crippen molar-refractivity contribution in [2.45, 2.75) is 34.6 Å². The average Bonchev–Trinajstić information content (AvgIpc) is 2.11. The Balaban J connectivity index is 3.68. The summed E-state index contributed by atoms with van der Waals surface area (Å²) in [7, 11) is 0. The Kier molecular flexibility index (Phi) is 2.60. The van der Waals surface area contributed by atoms with Crippen molar-refractivity contribution in [1.82, 2.24) is 0 Å². The Bertz CT molecular complexity index is 379. The van der Waals surface area contributed by atoms with Gasteiger partial charge in [0.05, 0.1) is 4.92 Å². The summed E-state index contributed by atoms with van der Waals surface area (Å²) in [6, 6.07) is 0. The molecule has 3 heteroatoms. The molecule has 0 saturated heterocycles. The van der Waals surface area contributed by atoms with E-state index in [1.54, 1.807) is 0 Å². The molecule has 0 bridgehead atoms. The number of nitro groups is 1. The molecule has 0 aliphatic rings. The molecule has 0 aliphatic heterocycles. The van der Waals surface area contributed by atoms with E-state index in [0.717, 1.165) is 27.8 Å². The molecule has 0 aliphatic carbocycles. The van der Waals surface area contributed by atoms with Crippen LogP contribution in [0.4, 0.5) is 5.69 Å². The molecule has 3 nitrogen and oxygen atoms in total. The minimum absolute atomic E-state index is 0.269. The third-order valence-electron chi connectivity index (χ3n) is 3.14. The first-order valence-corrected chi connectivity index (χ1v) is 4.59. The minimum atomic E-state index is -0.288. The third kappa shape index (κ3) is 1.39. The van der Waals surface area contributed by atoms with Crippen LogP contribution < -0.4 is 0 Å². The van der Waals surface area contributed by atoms with E-state index in [9.17, 15) is 10.1 Å². The van der Waals surface area contributed by atoms with E-state index in [4.69, 9.17) is 0 Å². The first kappa shape index (κ1) is 10.7. The first-order valence-electron chi connectivity index (χ1n) is 4.59. The Labute approximate surface area is 83.9 Å². The van der Waals surface area contributed by atoms with Gasteiger partial charge in [0.1, 0.15) is 0 Å². The van der Waals surface area contributed by atoms with Gasteiger partial charge in [0.15, 0.2) is 0 Å². The predicted molar refractivity (Wildman–Crippen MR) is 56.8 cm³/mol. The van der Waals surface area contributed by atoms with Crippen LogP contribution in [0.15, 0.2) is 0 Å². The van der Waals surface area contributed by atoms with Crippen LogP contribution in [0.3, 0.4) is 0 Å². The number of nitrogens with zero attached hydrogens (tertiary/aromatic N) is 1. The Morgan fingerprint density at radius 2 is 1.07 bits per heavy atom. The largest absolute Gasteiger partial charge is 0.275 e. The van der Waals surface area contributed by atoms with Gasteiger partial charge in [0.25, 0.3) is 5.69 Å². The van der Waals surface area contributed by atoms with Crippen LogP contribution in [-0.4, -0.2) is 4.92 Å². The highest BCUT2D eigenvalue weighted by Gasteiger charge is 2.20. The quantitative estimate of drug-likeness (QED) is 0.508. The van der Waals surface area contributed by atoms with Crippen molar-refractivity contribution in [2.24, 2.45) is 0 Å². The highest BCUT2D eigenvalue weighted by atomic mass is 16.6. The van der Waals surface area contributed by atoms with E-state index in [-0.39, 0.29) is 10.6 Å². The summed E-state index contributed by atoms with van der Waals surface area (Å²) >= 11 is 0. The normalized spacial score (nSPS) is 10.4. The van der Waals surface area contributed by atoms with Gasteiger partial charge in [-0.2, -0.15) is 0 Å². The fourth-order valence-corrected chi connectivity index (χ4v) is 1.75. The molecule has 14 heavy (non-hydrogen) atoms. The summed E-state index contributed by atoms with van der Waals surface area (Å²) in [5.41, 5.74) is 5.06. The van der Waals surface area contributed by atoms with Gasteiger partial charge in [-0.15, -0.1) is 0 Å². The number of nitro benzene ring substituents is 1. The van der Waals surface area contributed by atoms with Gasteiger partial charge >= 0.3 is 0 Å². The lowest BCUT2D eigenvalue weighted by Crippen LogP contribution is -2.02. The smallest absolute Gasteiger partial charge is 0.258 e. The van der Waals surface area contributed by atoms with Crippen LogP contribution >= 0.6 is 0 Å². The lowest BCUT2D eigenvalue weighted by molar-refractivity contribution is -0.386. The third-order valence-corrected chi connectivity index (χ3v) is 3.14. The first-order chi connectivity index (χ1) is 6.37. The zero-order valence-corrected chi connectivity index (χ0v) is 9.26. The van der Waals surface area contributed by atoms with Crippen LogP contribution in [0, 0.1) is 44.7 Å². The fraction of sp³-hybridized carbons (Fsp3) is 0.455. The highest BCUT2D eigenvalue weighted by Crippen LogP contribution is 2.31. The average molecular weight is 193 g/mol. The molecule has 0 atom stereocenters. The molecule has 0 N–H and O–H groups in total. The van der Waals surface area contributed by atoms with Crippen LogP contribution in [0.2, 0.25) is 0 Å². The summed E-state index contributed by atoms with van der Waals surface area (Å²) in [5.74, 6) is 0. The zero-order chi connectivity index (χ0) is 11.0.